The topological polar surface area (TPSA) is 92.8 Å². The van der Waals surface area contributed by atoms with Gasteiger partial charge in [0.15, 0.2) is 0 Å². The van der Waals surface area contributed by atoms with Crippen molar-refractivity contribution in [2.24, 2.45) is 5.92 Å². The summed E-state index contributed by atoms with van der Waals surface area (Å²) in [5, 5.41) is 2.80. The molecule has 3 rings (SSSR count). The van der Waals surface area contributed by atoms with Gasteiger partial charge in [-0.05, 0) is 37.3 Å². The molecule has 0 saturated carbocycles. The smallest absolute Gasteiger partial charge is 0.255 e. The second-order valence-corrected chi connectivity index (χ2v) is 8.60. The summed E-state index contributed by atoms with van der Waals surface area (Å²) in [5.74, 6) is -1.50. The van der Waals surface area contributed by atoms with Crippen molar-refractivity contribution in [2.45, 2.75) is 13.8 Å². The first-order valence-electron chi connectivity index (χ1n) is 8.64. The molecule has 1 N–H and O–H groups in total. The first kappa shape index (κ1) is 20.2. The maximum atomic E-state index is 12.7. The van der Waals surface area contributed by atoms with Gasteiger partial charge in [0.25, 0.3) is 5.91 Å². The monoisotopic (exact) mass is 422 g/mol. The molecule has 2 aromatic carbocycles. The molecule has 0 radical (unpaired) electrons. The molecule has 28 heavy (non-hydrogen) atoms. The Morgan fingerprint density at radius 2 is 2.00 bits per heavy atom. The molecule has 2 aromatic rings. The molecule has 1 atom stereocenters. The maximum Gasteiger partial charge on any atom is 0.255 e. The van der Waals surface area contributed by atoms with Crippen LogP contribution in [0.4, 0.5) is 11.4 Å². The third-order valence-corrected chi connectivity index (χ3v) is 6.40. The third kappa shape index (κ3) is 3.83. The highest BCUT2D eigenvalue weighted by Gasteiger charge is 2.43. The Balaban J connectivity index is 1.94. The molecule has 1 aliphatic rings. The van der Waals surface area contributed by atoms with Crippen LogP contribution in [0.5, 0.6) is 5.75 Å². The minimum atomic E-state index is -3.83. The molecule has 7 nitrogen and oxygen atoms in total. The number of para-hydroxylation sites is 2. The van der Waals surface area contributed by atoms with Crippen LogP contribution >= 0.6 is 11.6 Å². The van der Waals surface area contributed by atoms with Crippen LogP contribution in [0.1, 0.15) is 24.2 Å². The summed E-state index contributed by atoms with van der Waals surface area (Å²) in [4.78, 5) is 25.0. The fourth-order valence-electron chi connectivity index (χ4n) is 2.92. The summed E-state index contributed by atoms with van der Waals surface area (Å²) in [6.07, 6.45) is 0. The average Bonchev–Trinajstić information content (AvgIpc) is 2.84. The number of carbonyl (C=O) groups excluding carboxylic acids is 2. The van der Waals surface area contributed by atoms with Crippen molar-refractivity contribution in [3.63, 3.8) is 0 Å². The number of carbonyl (C=O) groups is 2. The number of nitrogens with one attached hydrogen (secondary N) is 1. The fourth-order valence-corrected chi connectivity index (χ4v) is 5.00. The van der Waals surface area contributed by atoms with Crippen LogP contribution in [0.25, 0.3) is 0 Å². The minimum absolute atomic E-state index is 0.0261. The quantitative estimate of drug-likeness (QED) is 0.797. The molecule has 1 saturated heterocycles. The van der Waals surface area contributed by atoms with E-state index in [4.69, 9.17) is 16.3 Å². The highest BCUT2D eigenvalue weighted by molar-refractivity contribution is 7.94. The van der Waals surface area contributed by atoms with Crippen LogP contribution in [0.15, 0.2) is 42.5 Å². The fraction of sp³-hybridized carbons (Fsp3) is 0.263. The Morgan fingerprint density at radius 3 is 2.64 bits per heavy atom. The van der Waals surface area contributed by atoms with Crippen molar-refractivity contribution >= 4 is 44.8 Å². The molecular formula is C19H19ClN2O5S. The number of benzene rings is 2. The van der Waals surface area contributed by atoms with Crippen LogP contribution in [0.3, 0.4) is 0 Å². The molecule has 2 amide bonds. The third-order valence-electron chi connectivity index (χ3n) is 4.22. The van der Waals surface area contributed by atoms with Gasteiger partial charge in [-0.15, -0.1) is 0 Å². The van der Waals surface area contributed by atoms with Gasteiger partial charge in [0.1, 0.15) is 5.75 Å². The molecule has 1 unspecified atom stereocenters. The van der Waals surface area contributed by atoms with E-state index in [2.05, 4.69) is 5.32 Å². The van der Waals surface area contributed by atoms with E-state index >= 15 is 0 Å². The normalized spacial score (nSPS) is 18.2. The van der Waals surface area contributed by atoms with Crippen molar-refractivity contribution in [2.75, 3.05) is 22.0 Å². The molecule has 1 aliphatic heterocycles. The number of hydrogen-bond donors (Lipinski definition) is 1. The molecule has 0 aliphatic carbocycles. The zero-order valence-electron chi connectivity index (χ0n) is 15.3. The zero-order chi connectivity index (χ0) is 20.5. The predicted molar refractivity (Wildman–Crippen MR) is 107 cm³/mol. The second kappa shape index (κ2) is 7.81. The molecule has 0 aromatic heterocycles. The highest BCUT2D eigenvalue weighted by Crippen LogP contribution is 2.35. The molecular weight excluding hydrogens is 404 g/mol. The van der Waals surface area contributed by atoms with Gasteiger partial charge >= 0.3 is 0 Å². The number of rotatable bonds is 5. The van der Waals surface area contributed by atoms with E-state index in [-0.39, 0.29) is 22.0 Å². The van der Waals surface area contributed by atoms with Gasteiger partial charge < -0.3 is 10.1 Å². The van der Waals surface area contributed by atoms with Crippen molar-refractivity contribution < 1.29 is 22.7 Å². The number of sulfonamides is 1. The number of ether oxygens (including phenoxy) is 1. The number of halogens is 1. The maximum absolute atomic E-state index is 12.7. The molecule has 0 bridgehead atoms. The van der Waals surface area contributed by atoms with Crippen molar-refractivity contribution in [1.82, 2.24) is 0 Å². The van der Waals surface area contributed by atoms with Crippen molar-refractivity contribution in [3.8, 4) is 5.75 Å². The first-order valence-corrected chi connectivity index (χ1v) is 10.6. The van der Waals surface area contributed by atoms with E-state index in [9.17, 15) is 18.0 Å². The lowest BCUT2D eigenvalue weighted by molar-refractivity contribution is -0.119. The molecule has 1 fully saturated rings. The summed E-state index contributed by atoms with van der Waals surface area (Å²) in [7, 11) is -3.83. The summed E-state index contributed by atoms with van der Waals surface area (Å²) in [6.45, 7) is 3.80. The minimum Gasteiger partial charge on any atom is -0.492 e. The lowest BCUT2D eigenvalue weighted by Gasteiger charge is -2.18. The van der Waals surface area contributed by atoms with E-state index < -0.39 is 27.8 Å². The summed E-state index contributed by atoms with van der Waals surface area (Å²) < 4.78 is 30.9. The summed E-state index contributed by atoms with van der Waals surface area (Å²) in [6, 6.07) is 11.1. The number of hydrogen-bond acceptors (Lipinski definition) is 5. The lowest BCUT2D eigenvalue weighted by Crippen LogP contribution is -2.30. The highest BCUT2D eigenvalue weighted by atomic mass is 35.5. The van der Waals surface area contributed by atoms with E-state index in [1.807, 2.05) is 6.92 Å². The van der Waals surface area contributed by atoms with E-state index in [1.165, 1.54) is 25.1 Å². The Labute approximate surface area is 168 Å². The van der Waals surface area contributed by atoms with Gasteiger partial charge in [-0.1, -0.05) is 30.7 Å². The van der Waals surface area contributed by atoms with Crippen molar-refractivity contribution in [1.29, 1.82) is 0 Å². The summed E-state index contributed by atoms with van der Waals surface area (Å²) >= 11 is 6.14. The van der Waals surface area contributed by atoms with Crippen LogP contribution < -0.4 is 14.4 Å². The van der Waals surface area contributed by atoms with Gasteiger partial charge in [0.05, 0.1) is 34.7 Å². The first-order chi connectivity index (χ1) is 13.2. The number of amides is 2. The van der Waals surface area contributed by atoms with Gasteiger partial charge in [-0.2, -0.15) is 0 Å². The molecule has 1 heterocycles. The Kier molecular flexibility index (Phi) is 5.62. The van der Waals surface area contributed by atoms with Crippen molar-refractivity contribution in [3.05, 3.63) is 53.1 Å². The standard InChI is InChI=1S/C19H19ClN2O5S/c1-3-27-17-7-5-4-6-15(17)21-18(23)13-8-9-14(20)16(10-13)22-19(24)12(2)11-28(22,25)26/h4-10,12H,3,11H2,1-2H3,(H,21,23). The van der Waals surface area contributed by atoms with E-state index in [1.54, 1.807) is 24.3 Å². The van der Waals surface area contributed by atoms with Gasteiger partial charge in [0.2, 0.25) is 15.9 Å². The number of nitrogens with zero attached hydrogens (tertiary/aromatic N) is 1. The lowest BCUT2D eigenvalue weighted by atomic mass is 10.1. The second-order valence-electron chi connectivity index (χ2n) is 6.33. The van der Waals surface area contributed by atoms with Gasteiger partial charge in [-0.3, -0.25) is 9.59 Å². The molecule has 0 spiro atoms. The number of anilines is 2. The Hall–Kier alpha value is -2.58. The van der Waals surface area contributed by atoms with Crippen LogP contribution in [-0.4, -0.2) is 32.6 Å². The van der Waals surface area contributed by atoms with E-state index in [0.717, 1.165) is 0 Å². The molecule has 148 valence electrons. The predicted octanol–water partition coefficient (Wildman–Crippen LogP) is 3.30. The van der Waals surface area contributed by atoms with Gasteiger partial charge in [0, 0.05) is 5.56 Å². The van der Waals surface area contributed by atoms with E-state index in [0.29, 0.717) is 22.3 Å². The average molecular weight is 423 g/mol. The Bertz CT molecular complexity index is 1040. The van der Waals surface area contributed by atoms with Crippen LogP contribution in [-0.2, 0) is 14.8 Å². The summed E-state index contributed by atoms with van der Waals surface area (Å²) in [5.41, 5.74) is 0.611. The van der Waals surface area contributed by atoms with Crippen LogP contribution in [0, 0.1) is 5.92 Å². The van der Waals surface area contributed by atoms with Gasteiger partial charge in [-0.25, -0.2) is 12.7 Å². The SMILES string of the molecule is CCOc1ccccc1NC(=O)c1ccc(Cl)c(N2C(=O)C(C)CS2(=O)=O)c1. The van der Waals surface area contributed by atoms with Crippen LogP contribution in [0.2, 0.25) is 5.02 Å². The zero-order valence-corrected chi connectivity index (χ0v) is 16.9. The Morgan fingerprint density at radius 1 is 1.29 bits per heavy atom. The molecule has 9 heteroatoms. The largest absolute Gasteiger partial charge is 0.492 e.